The Labute approximate surface area is 167 Å². The fraction of sp³-hybridized carbons (Fsp3) is 0.636. The number of hydrogen-bond acceptors (Lipinski definition) is 4. The Hall–Kier alpha value is -1.92. The Morgan fingerprint density at radius 3 is 2.57 bits per heavy atom. The minimum absolute atomic E-state index is 0.0951. The molecule has 2 saturated heterocycles. The molecule has 1 aromatic carbocycles. The molecule has 0 aliphatic carbocycles. The van der Waals surface area contributed by atoms with Crippen molar-refractivity contribution in [3.05, 3.63) is 29.8 Å². The molecule has 6 heteroatoms. The number of carbonyl (C=O) groups is 2. The summed E-state index contributed by atoms with van der Waals surface area (Å²) in [5.41, 5.74) is 2.31. The van der Waals surface area contributed by atoms with E-state index < -0.39 is 0 Å². The second-order valence-corrected chi connectivity index (χ2v) is 8.29. The van der Waals surface area contributed by atoms with E-state index in [2.05, 4.69) is 24.8 Å². The molecule has 3 aliphatic heterocycles. The summed E-state index contributed by atoms with van der Waals surface area (Å²) in [6, 6.07) is 8.45. The van der Waals surface area contributed by atoms with E-state index in [-0.39, 0.29) is 29.8 Å². The first kappa shape index (κ1) is 19.4. The molecule has 4 rings (SSSR count). The first-order valence-electron chi connectivity index (χ1n) is 10.6. The zero-order valence-electron chi connectivity index (χ0n) is 17.0. The van der Waals surface area contributed by atoms with Gasteiger partial charge in [0.1, 0.15) is 0 Å². The van der Waals surface area contributed by atoms with Crippen LogP contribution in [0.15, 0.2) is 24.3 Å². The van der Waals surface area contributed by atoms with Crippen LogP contribution in [0.4, 0.5) is 5.69 Å². The topological polar surface area (TPSA) is 53.1 Å². The molecule has 0 spiro atoms. The molecule has 0 N–H and O–H groups in total. The van der Waals surface area contributed by atoms with Gasteiger partial charge in [-0.05, 0) is 44.7 Å². The lowest BCUT2D eigenvalue weighted by atomic mass is 9.95. The van der Waals surface area contributed by atoms with Crippen molar-refractivity contribution < 1.29 is 14.3 Å². The third-order valence-corrected chi connectivity index (χ3v) is 6.77. The van der Waals surface area contributed by atoms with Crippen molar-refractivity contribution >= 4 is 17.5 Å². The summed E-state index contributed by atoms with van der Waals surface area (Å²) in [5, 5.41) is 0. The lowest BCUT2D eigenvalue weighted by Crippen LogP contribution is -2.61. The smallest absolute Gasteiger partial charge is 0.241 e. The van der Waals surface area contributed by atoms with Gasteiger partial charge in [0.25, 0.3) is 0 Å². The zero-order valence-corrected chi connectivity index (χ0v) is 17.0. The average Bonchev–Trinajstić information content (AvgIpc) is 3.16. The van der Waals surface area contributed by atoms with Crippen molar-refractivity contribution in [2.45, 2.75) is 45.2 Å². The van der Waals surface area contributed by atoms with Crippen molar-refractivity contribution in [1.82, 2.24) is 9.80 Å². The third-order valence-electron chi connectivity index (χ3n) is 6.77. The molecule has 3 aliphatic rings. The van der Waals surface area contributed by atoms with Gasteiger partial charge in [0, 0.05) is 56.5 Å². The molecule has 3 heterocycles. The molecule has 1 aromatic rings. The Morgan fingerprint density at radius 1 is 1.04 bits per heavy atom. The quantitative estimate of drug-likeness (QED) is 0.798. The van der Waals surface area contributed by atoms with Gasteiger partial charge in [-0.15, -0.1) is 0 Å². The van der Waals surface area contributed by atoms with Crippen LogP contribution in [0.25, 0.3) is 0 Å². The van der Waals surface area contributed by atoms with Crippen molar-refractivity contribution in [3.8, 4) is 0 Å². The molecule has 2 fully saturated rings. The maximum atomic E-state index is 13.0. The van der Waals surface area contributed by atoms with Gasteiger partial charge in [-0.3, -0.25) is 14.5 Å². The molecular weight excluding hydrogens is 354 g/mol. The average molecular weight is 386 g/mol. The molecule has 0 aromatic heterocycles. The predicted molar refractivity (Wildman–Crippen MR) is 108 cm³/mol. The number of amides is 2. The number of ether oxygens (including phenoxy) is 1. The lowest BCUT2D eigenvalue weighted by molar-refractivity contribution is -0.145. The second-order valence-electron chi connectivity index (χ2n) is 8.29. The molecule has 152 valence electrons. The summed E-state index contributed by atoms with van der Waals surface area (Å²) in [6.45, 7) is 8.26. The van der Waals surface area contributed by atoms with E-state index in [0.29, 0.717) is 26.3 Å². The highest BCUT2D eigenvalue weighted by molar-refractivity contribution is 5.96. The molecule has 0 unspecified atom stereocenters. The molecule has 6 nitrogen and oxygen atoms in total. The summed E-state index contributed by atoms with van der Waals surface area (Å²) in [4.78, 5) is 32.1. The Balaban J connectivity index is 1.37. The van der Waals surface area contributed by atoms with Crippen molar-refractivity contribution in [1.29, 1.82) is 0 Å². The van der Waals surface area contributed by atoms with Crippen LogP contribution in [-0.4, -0.2) is 73.1 Å². The van der Waals surface area contributed by atoms with Crippen LogP contribution in [-0.2, 0) is 20.7 Å². The largest absolute Gasteiger partial charge is 0.381 e. The van der Waals surface area contributed by atoms with E-state index in [0.717, 1.165) is 38.0 Å². The number of piperazine rings is 1. The van der Waals surface area contributed by atoms with E-state index in [9.17, 15) is 9.59 Å². The van der Waals surface area contributed by atoms with E-state index in [4.69, 9.17) is 4.74 Å². The first-order chi connectivity index (χ1) is 13.6. The second kappa shape index (κ2) is 8.21. The van der Waals surface area contributed by atoms with Gasteiger partial charge in [-0.2, -0.15) is 0 Å². The number of rotatable bonds is 3. The van der Waals surface area contributed by atoms with Gasteiger partial charge in [-0.1, -0.05) is 18.2 Å². The summed E-state index contributed by atoms with van der Waals surface area (Å²) in [7, 11) is 0. The van der Waals surface area contributed by atoms with Crippen molar-refractivity contribution in [2.24, 2.45) is 5.92 Å². The molecule has 0 saturated carbocycles. The Morgan fingerprint density at radius 2 is 1.79 bits per heavy atom. The molecule has 0 bridgehead atoms. The SMILES string of the molecule is C[C@@H]1[C@@H](C)N(C(=O)C2CCOCC2)CCN1CC(=O)N1CCc2ccccc21. The number of carbonyl (C=O) groups excluding carboxylic acids is 2. The highest BCUT2D eigenvalue weighted by Gasteiger charge is 2.38. The number of fused-ring (bicyclic) bond motifs is 1. The lowest BCUT2D eigenvalue weighted by Gasteiger charge is -2.46. The van der Waals surface area contributed by atoms with E-state index >= 15 is 0 Å². The van der Waals surface area contributed by atoms with Crippen LogP contribution in [0, 0.1) is 5.92 Å². The van der Waals surface area contributed by atoms with Gasteiger partial charge in [0.05, 0.1) is 6.54 Å². The Kier molecular flexibility index (Phi) is 5.69. The number of nitrogens with zero attached hydrogens (tertiary/aromatic N) is 3. The van der Waals surface area contributed by atoms with E-state index in [1.54, 1.807) is 0 Å². The number of para-hydroxylation sites is 1. The van der Waals surface area contributed by atoms with Crippen molar-refractivity contribution in [2.75, 3.05) is 44.3 Å². The number of hydrogen-bond donors (Lipinski definition) is 0. The maximum Gasteiger partial charge on any atom is 0.241 e. The zero-order chi connectivity index (χ0) is 19.7. The molecule has 0 radical (unpaired) electrons. The molecule has 2 atom stereocenters. The van der Waals surface area contributed by atoms with Crippen LogP contribution < -0.4 is 4.90 Å². The predicted octanol–water partition coefficient (Wildman–Crippen LogP) is 1.92. The van der Waals surface area contributed by atoms with Gasteiger partial charge < -0.3 is 14.5 Å². The van der Waals surface area contributed by atoms with Gasteiger partial charge in [0.2, 0.25) is 11.8 Å². The van der Waals surface area contributed by atoms with Crippen LogP contribution in [0.5, 0.6) is 0 Å². The molecular formula is C22H31N3O3. The van der Waals surface area contributed by atoms with E-state index in [1.807, 2.05) is 28.0 Å². The monoisotopic (exact) mass is 385 g/mol. The van der Waals surface area contributed by atoms with Gasteiger partial charge in [0.15, 0.2) is 0 Å². The first-order valence-corrected chi connectivity index (χ1v) is 10.6. The van der Waals surface area contributed by atoms with Crippen LogP contribution in [0.1, 0.15) is 32.3 Å². The Bertz CT molecular complexity index is 731. The standard InChI is InChI=1S/C22H31N3O3/c1-16-17(2)24(22(27)19-8-13-28-14-9-19)12-11-23(16)15-21(26)25-10-7-18-5-3-4-6-20(18)25/h3-6,16-17,19H,7-15H2,1-2H3/t16-,17-/m1/s1. The highest BCUT2D eigenvalue weighted by Crippen LogP contribution is 2.28. The number of benzene rings is 1. The molecule has 2 amide bonds. The summed E-state index contributed by atoms with van der Waals surface area (Å²) < 4.78 is 5.40. The fourth-order valence-corrected chi connectivity index (χ4v) is 4.78. The van der Waals surface area contributed by atoms with Crippen molar-refractivity contribution in [3.63, 3.8) is 0 Å². The minimum atomic E-state index is 0.0951. The molecule has 28 heavy (non-hydrogen) atoms. The number of anilines is 1. The maximum absolute atomic E-state index is 13.0. The van der Waals surface area contributed by atoms with Gasteiger partial charge >= 0.3 is 0 Å². The highest BCUT2D eigenvalue weighted by atomic mass is 16.5. The minimum Gasteiger partial charge on any atom is -0.381 e. The van der Waals surface area contributed by atoms with Crippen LogP contribution in [0.3, 0.4) is 0 Å². The van der Waals surface area contributed by atoms with E-state index in [1.165, 1.54) is 5.56 Å². The third kappa shape index (κ3) is 3.67. The summed E-state index contributed by atoms with van der Waals surface area (Å²) in [6.07, 6.45) is 2.58. The fourth-order valence-electron chi connectivity index (χ4n) is 4.78. The van der Waals surface area contributed by atoms with Gasteiger partial charge in [-0.25, -0.2) is 0 Å². The summed E-state index contributed by atoms with van der Waals surface area (Å²) >= 11 is 0. The normalized spacial score (nSPS) is 26.4. The summed E-state index contributed by atoms with van der Waals surface area (Å²) in [5.74, 6) is 0.521. The van der Waals surface area contributed by atoms with Crippen LogP contribution in [0.2, 0.25) is 0 Å². The van der Waals surface area contributed by atoms with Crippen LogP contribution >= 0.6 is 0 Å².